The van der Waals surface area contributed by atoms with Gasteiger partial charge in [-0.05, 0) is 36.4 Å². The normalized spacial score (nSPS) is 10.7. The van der Waals surface area contributed by atoms with Crippen molar-refractivity contribution in [3.05, 3.63) is 79.1 Å². The van der Waals surface area contributed by atoms with Gasteiger partial charge in [0.05, 0.1) is 12.9 Å². The summed E-state index contributed by atoms with van der Waals surface area (Å²) in [4.78, 5) is 12.3. The van der Waals surface area contributed by atoms with E-state index in [1.807, 2.05) is 88.5 Å². The average molecular weight is 405 g/mol. The molecule has 7 nitrogen and oxygen atoms in total. The van der Waals surface area contributed by atoms with Crippen LogP contribution in [0.4, 0.5) is 5.69 Å². The van der Waals surface area contributed by atoms with Gasteiger partial charge in [-0.3, -0.25) is 9.47 Å². The van der Waals surface area contributed by atoms with E-state index in [9.17, 15) is 4.79 Å². The van der Waals surface area contributed by atoms with Gasteiger partial charge >= 0.3 is 0 Å². The summed E-state index contributed by atoms with van der Waals surface area (Å²) in [5.74, 6) is 1.50. The van der Waals surface area contributed by atoms with Crippen LogP contribution in [0.2, 0.25) is 0 Å². The quantitative estimate of drug-likeness (QED) is 0.474. The molecule has 0 bridgehead atoms. The van der Waals surface area contributed by atoms with E-state index in [0.717, 1.165) is 17.0 Å². The Kier molecular flexibility index (Phi) is 5.62. The van der Waals surface area contributed by atoms with Crippen molar-refractivity contribution in [2.45, 2.75) is 5.16 Å². The number of carbonyl (C=O) groups excluding carboxylic acids is 1. The second-order valence-corrected chi connectivity index (χ2v) is 7.06. The number of nitrogens with zero attached hydrogens (tertiary/aromatic N) is 4. The van der Waals surface area contributed by atoms with Crippen LogP contribution in [0, 0.1) is 0 Å². The van der Waals surface area contributed by atoms with Gasteiger partial charge in [0.1, 0.15) is 5.75 Å². The first-order valence-electron chi connectivity index (χ1n) is 8.96. The zero-order valence-corrected chi connectivity index (χ0v) is 16.5. The fraction of sp³-hybridized carbons (Fsp3) is 0.0952. The van der Waals surface area contributed by atoms with Gasteiger partial charge in [0.25, 0.3) is 0 Å². The molecule has 29 heavy (non-hydrogen) atoms. The molecule has 8 heteroatoms. The number of methoxy groups -OCH3 is 1. The van der Waals surface area contributed by atoms with E-state index in [1.54, 1.807) is 7.11 Å². The Morgan fingerprint density at radius 2 is 1.83 bits per heavy atom. The minimum Gasteiger partial charge on any atom is -0.497 e. The van der Waals surface area contributed by atoms with Crippen LogP contribution >= 0.6 is 11.8 Å². The molecule has 0 aliphatic carbocycles. The number of hydrogen-bond acceptors (Lipinski definition) is 5. The fourth-order valence-corrected chi connectivity index (χ4v) is 3.55. The number of ether oxygens (including phenoxy) is 1. The lowest BCUT2D eigenvalue weighted by atomic mass is 10.2. The molecule has 0 saturated carbocycles. The molecule has 0 unspecified atom stereocenters. The first-order valence-corrected chi connectivity index (χ1v) is 9.94. The third-order valence-electron chi connectivity index (χ3n) is 4.15. The largest absolute Gasteiger partial charge is 0.497 e. The van der Waals surface area contributed by atoms with Gasteiger partial charge in [-0.1, -0.05) is 42.1 Å². The highest BCUT2D eigenvalue weighted by atomic mass is 32.2. The fourth-order valence-electron chi connectivity index (χ4n) is 2.81. The number of anilines is 1. The van der Waals surface area contributed by atoms with Crippen molar-refractivity contribution in [3.8, 4) is 17.1 Å². The van der Waals surface area contributed by atoms with E-state index in [4.69, 9.17) is 4.74 Å². The lowest BCUT2D eigenvalue weighted by Gasteiger charge is -2.12. The molecule has 146 valence electrons. The molecule has 0 spiro atoms. The molecule has 0 atom stereocenters. The number of nitrogens with one attached hydrogen (secondary N) is 1. The van der Waals surface area contributed by atoms with Crippen molar-refractivity contribution in [3.63, 3.8) is 0 Å². The maximum atomic E-state index is 12.3. The Morgan fingerprint density at radius 1 is 1.03 bits per heavy atom. The highest BCUT2D eigenvalue weighted by Gasteiger charge is 2.17. The van der Waals surface area contributed by atoms with Crippen LogP contribution < -0.4 is 10.1 Å². The number of rotatable bonds is 7. The van der Waals surface area contributed by atoms with Crippen LogP contribution in [0.5, 0.6) is 5.75 Å². The molecule has 2 aromatic carbocycles. The van der Waals surface area contributed by atoms with Gasteiger partial charge < -0.3 is 10.1 Å². The molecule has 0 saturated heterocycles. The van der Waals surface area contributed by atoms with E-state index in [-0.39, 0.29) is 11.7 Å². The number of benzene rings is 2. The van der Waals surface area contributed by atoms with Crippen molar-refractivity contribution < 1.29 is 9.53 Å². The number of aromatic nitrogens is 4. The molecular weight excluding hydrogens is 386 g/mol. The van der Waals surface area contributed by atoms with Crippen molar-refractivity contribution >= 4 is 23.4 Å². The summed E-state index contributed by atoms with van der Waals surface area (Å²) >= 11 is 1.32. The van der Waals surface area contributed by atoms with Gasteiger partial charge in [-0.25, -0.2) is 4.68 Å². The Bertz CT molecular complexity index is 1090. The average Bonchev–Trinajstić information content (AvgIpc) is 3.42. The lowest BCUT2D eigenvalue weighted by molar-refractivity contribution is -0.113. The summed E-state index contributed by atoms with van der Waals surface area (Å²) in [6.45, 7) is 0. The summed E-state index contributed by atoms with van der Waals surface area (Å²) in [5, 5.41) is 12.2. The molecule has 2 heterocycles. The molecule has 0 aliphatic rings. The van der Waals surface area contributed by atoms with E-state index in [1.165, 1.54) is 11.8 Å². The summed E-state index contributed by atoms with van der Waals surface area (Å²) in [5.41, 5.74) is 1.63. The molecule has 4 rings (SSSR count). The van der Waals surface area contributed by atoms with E-state index < -0.39 is 0 Å². The van der Waals surface area contributed by atoms with E-state index in [2.05, 4.69) is 15.5 Å². The Labute approximate surface area is 172 Å². The molecule has 1 N–H and O–H groups in total. The van der Waals surface area contributed by atoms with Crippen molar-refractivity contribution in [1.82, 2.24) is 19.5 Å². The number of carbonyl (C=O) groups is 1. The molecule has 1 amide bonds. The number of para-hydroxylation sites is 1. The topological polar surface area (TPSA) is 74.0 Å². The summed E-state index contributed by atoms with van der Waals surface area (Å²) < 4.78 is 9.08. The molecule has 4 aromatic rings. The van der Waals surface area contributed by atoms with Gasteiger partial charge in [-0.15, -0.1) is 10.2 Å². The minimum absolute atomic E-state index is 0.105. The van der Waals surface area contributed by atoms with E-state index in [0.29, 0.717) is 11.0 Å². The highest BCUT2D eigenvalue weighted by molar-refractivity contribution is 7.99. The van der Waals surface area contributed by atoms with Crippen molar-refractivity contribution in [1.29, 1.82) is 0 Å². The van der Waals surface area contributed by atoms with Gasteiger partial charge in [-0.2, -0.15) is 0 Å². The smallest absolute Gasteiger partial charge is 0.234 e. The van der Waals surface area contributed by atoms with Gasteiger partial charge in [0.15, 0.2) is 5.82 Å². The second-order valence-electron chi connectivity index (χ2n) is 6.12. The van der Waals surface area contributed by atoms with Gasteiger partial charge in [0.2, 0.25) is 11.1 Å². The van der Waals surface area contributed by atoms with Crippen LogP contribution in [0.3, 0.4) is 0 Å². The number of thioether (sulfide) groups is 1. The summed E-state index contributed by atoms with van der Waals surface area (Å²) in [7, 11) is 1.63. The van der Waals surface area contributed by atoms with Crippen LogP contribution in [0.25, 0.3) is 11.4 Å². The minimum atomic E-state index is -0.105. The predicted molar refractivity (Wildman–Crippen MR) is 113 cm³/mol. The van der Waals surface area contributed by atoms with Gasteiger partial charge in [0, 0.05) is 23.6 Å². The van der Waals surface area contributed by atoms with Crippen LogP contribution in [0.1, 0.15) is 0 Å². The lowest BCUT2D eigenvalue weighted by Crippen LogP contribution is -2.15. The van der Waals surface area contributed by atoms with Crippen molar-refractivity contribution in [2.75, 3.05) is 18.2 Å². The summed E-state index contributed by atoms with van der Waals surface area (Å²) in [6, 6.07) is 20.9. The predicted octanol–water partition coefficient (Wildman–Crippen LogP) is 3.80. The first-order chi connectivity index (χ1) is 14.2. The Hall–Kier alpha value is -3.52. The maximum Gasteiger partial charge on any atom is 0.234 e. The number of amides is 1. The van der Waals surface area contributed by atoms with Crippen LogP contribution in [-0.4, -0.2) is 38.3 Å². The molecule has 0 aliphatic heterocycles. The summed E-state index contributed by atoms with van der Waals surface area (Å²) in [6.07, 6.45) is 3.81. The molecule has 2 aromatic heterocycles. The zero-order chi connectivity index (χ0) is 20.1. The standard InChI is InChI=1S/C21H19N5O2S/c1-28-18-11-7-8-16(14-18)20-23-24-21(26(20)25-12-5-6-13-25)29-15-19(27)22-17-9-3-2-4-10-17/h2-14H,15H2,1H3,(H,22,27). The Morgan fingerprint density at radius 3 is 2.59 bits per heavy atom. The Balaban J connectivity index is 1.59. The first kappa shape index (κ1) is 18.8. The second kappa shape index (κ2) is 8.66. The van der Waals surface area contributed by atoms with Crippen LogP contribution in [-0.2, 0) is 4.79 Å². The van der Waals surface area contributed by atoms with Crippen molar-refractivity contribution in [2.24, 2.45) is 0 Å². The molecule has 0 fully saturated rings. The highest BCUT2D eigenvalue weighted by Crippen LogP contribution is 2.27. The number of hydrogen-bond donors (Lipinski definition) is 1. The third kappa shape index (κ3) is 4.33. The maximum absolute atomic E-state index is 12.3. The zero-order valence-electron chi connectivity index (χ0n) is 15.7. The monoisotopic (exact) mass is 405 g/mol. The molecule has 0 radical (unpaired) electrons. The van der Waals surface area contributed by atoms with Crippen LogP contribution in [0.15, 0.2) is 84.3 Å². The molecular formula is C21H19N5O2S. The third-order valence-corrected chi connectivity index (χ3v) is 5.07. The van der Waals surface area contributed by atoms with E-state index >= 15 is 0 Å². The SMILES string of the molecule is COc1cccc(-c2nnc(SCC(=O)Nc3ccccc3)n2-n2cccc2)c1.